The summed E-state index contributed by atoms with van der Waals surface area (Å²) >= 11 is 0. The molecule has 1 heterocycles. The number of fused-ring (bicyclic) bond motifs is 1. The van der Waals surface area contributed by atoms with Crippen molar-refractivity contribution in [2.45, 2.75) is 19.8 Å². The van der Waals surface area contributed by atoms with Crippen molar-refractivity contribution in [1.82, 2.24) is 0 Å². The van der Waals surface area contributed by atoms with Crippen LogP contribution in [0, 0.1) is 5.92 Å². The van der Waals surface area contributed by atoms with Crippen LogP contribution in [0.15, 0.2) is 69.9 Å². The summed E-state index contributed by atoms with van der Waals surface area (Å²) in [6, 6.07) is 19.8. The molecule has 0 N–H and O–H groups in total. The second kappa shape index (κ2) is 5.57. The molecular formula is C19H18O2. The summed E-state index contributed by atoms with van der Waals surface area (Å²) in [6.45, 7) is 4.26. The van der Waals surface area contributed by atoms with Crippen LogP contribution >= 0.6 is 0 Å². The van der Waals surface area contributed by atoms with Crippen molar-refractivity contribution in [3.05, 3.63) is 82.2 Å². The minimum atomic E-state index is -0.240. The van der Waals surface area contributed by atoms with Crippen molar-refractivity contribution >= 4 is 11.0 Å². The van der Waals surface area contributed by atoms with E-state index in [9.17, 15) is 4.79 Å². The van der Waals surface area contributed by atoms with E-state index < -0.39 is 0 Å². The monoisotopic (exact) mass is 278 g/mol. The highest BCUT2D eigenvalue weighted by molar-refractivity contribution is 5.77. The van der Waals surface area contributed by atoms with Gasteiger partial charge in [0, 0.05) is 16.9 Å². The summed E-state index contributed by atoms with van der Waals surface area (Å²) in [5, 5.41) is 0.966. The van der Waals surface area contributed by atoms with Gasteiger partial charge in [-0.15, -0.1) is 0 Å². The van der Waals surface area contributed by atoms with E-state index in [4.69, 9.17) is 4.42 Å². The van der Waals surface area contributed by atoms with Crippen molar-refractivity contribution in [3.63, 3.8) is 0 Å². The quantitative estimate of drug-likeness (QED) is 0.656. The Bertz CT molecular complexity index is 800. The molecule has 0 amide bonds. The Hall–Kier alpha value is -2.35. The summed E-state index contributed by atoms with van der Waals surface area (Å²) in [5.41, 5.74) is 2.28. The first kappa shape index (κ1) is 13.6. The summed E-state index contributed by atoms with van der Waals surface area (Å²) < 4.78 is 5.49. The highest BCUT2D eigenvalue weighted by Crippen LogP contribution is 2.31. The van der Waals surface area contributed by atoms with Crippen molar-refractivity contribution in [3.8, 4) is 0 Å². The summed E-state index contributed by atoms with van der Waals surface area (Å²) in [5.74, 6) is 0.364. The first-order valence-electron chi connectivity index (χ1n) is 7.24. The lowest BCUT2D eigenvalue weighted by atomic mass is 9.83. The second-order valence-electron chi connectivity index (χ2n) is 5.66. The smallest absolute Gasteiger partial charge is 0.340 e. The molecule has 1 atom stereocenters. The molecule has 0 aliphatic rings. The van der Waals surface area contributed by atoms with Gasteiger partial charge in [0.05, 0.1) is 0 Å². The average Bonchev–Trinajstić information content (AvgIpc) is 2.49. The van der Waals surface area contributed by atoms with Crippen LogP contribution in [0.5, 0.6) is 0 Å². The molecule has 1 unspecified atom stereocenters. The van der Waals surface area contributed by atoms with Crippen molar-refractivity contribution in [1.29, 1.82) is 0 Å². The maximum absolute atomic E-state index is 12.4. The van der Waals surface area contributed by atoms with Crippen molar-refractivity contribution < 1.29 is 4.42 Å². The SMILES string of the molecule is CC(C)C(c1ccccc1)c1cc2ccccc2oc1=O. The molecule has 0 radical (unpaired) electrons. The Kier molecular flexibility index (Phi) is 3.61. The summed E-state index contributed by atoms with van der Waals surface area (Å²) in [6.07, 6.45) is 0. The van der Waals surface area contributed by atoms with Crippen LogP contribution in [0.25, 0.3) is 11.0 Å². The van der Waals surface area contributed by atoms with Gasteiger partial charge in [-0.2, -0.15) is 0 Å². The molecular weight excluding hydrogens is 260 g/mol. The van der Waals surface area contributed by atoms with Crippen LogP contribution in [-0.2, 0) is 0 Å². The van der Waals surface area contributed by atoms with Crippen molar-refractivity contribution in [2.75, 3.05) is 0 Å². The molecule has 2 aromatic carbocycles. The standard InChI is InChI=1S/C19H18O2/c1-13(2)18(14-8-4-3-5-9-14)16-12-15-10-6-7-11-17(15)21-19(16)20/h3-13,18H,1-2H3. The van der Waals surface area contributed by atoms with Gasteiger partial charge in [0.15, 0.2) is 0 Å². The van der Waals surface area contributed by atoms with Crippen LogP contribution in [-0.4, -0.2) is 0 Å². The predicted molar refractivity (Wildman–Crippen MR) is 85.6 cm³/mol. The molecule has 0 spiro atoms. The largest absolute Gasteiger partial charge is 0.423 e. The van der Waals surface area contributed by atoms with E-state index >= 15 is 0 Å². The summed E-state index contributed by atoms with van der Waals surface area (Å²) in [4.78, 5) is 12.4. The number of hydrogen-bond acceptors (Lipinski definition) is 2. The van der Waals surface area contributed by atoms with Gasteiger partial charge in [0.1, 0.15) is 5.58 Å². The minimum Gasteiger partial charge on any atom is -0.423 e. The van der Waals surface area contributed by atoms with E-state index in [1.165, 1.54) is 0 Å². The molecule has 2 nitrogen and oxygen atoms in total. The average molecular weight is 278 g/mol. The van der Waals surface area contributed by atoms with E-state index in [2.05, 4.69) is 26.0 Å². The van der Waals surface area contributed by atoms with Gasteiger partial charge >= 0.3 is 5.63 Å². The van der Waals surface area contributed by atoms with Gasteiger partial charge in [-0.25, -0.2) is 4.79 Å². The Labute approximate surface area is 124 Å². The molecule has 2 heteroatoms. The fraction of sp³-hybridized carbons (Fsp3) is 0.211. The highest BCUT2D eigenvalue weighted by atomic mass is 16.4. The van der Waals surface area contributed by atoms with Crippen molar-refractivity contribution in [2.24, 2.45) is 5.92 Å². The topological polar surface area (TPSA) is 30.2 Å². The zero-order valence-electron chi connectivity index (χ0n) is 12.2. The Balaban J connectivity index is 2.20. The molecule has 0 fully saturated rings. The molecule has 0 aliphatic carbocycles. The third-order valence-electron chi connectivity index (χ3n) is 3.83. The second-order valence-corrected chi connectivity index (χ2v) is 5.66. The molecule has 3 rings (SSSR count). The van der Waals surface area contributed by atoms with E-state index in [1.807, 2.05) is 48.5 Å². The lowest BCUT2D eigenvalue weighted by Crippen LogP contribution is -2.17. The molecule has 21 heavy (non-hydrogen) atoms. The number of rotatable bonds is 3. The third-order valence-corrected chi connectivity index (χ3v) is 3.83. The maximum Gasteiger partial charge on any atom is 0.340 e. The highest BCUT2D eigenvalue weighted by Gasteiger charge is 2.22. The van der Waals surface area contributed by atoms with E-state index in [-0.39, 0.29) is 11.5 Å². The number of para-hydroxylation sites is 1. The zero-order valence-corrected chi connectivity index (χ0v) is 12.2. The number of hydrogen-bond donors (Lipinski definition) is 0. The van der Waals surface area contributed by atoms with Gasteiger partial charge < -0.3 is 4.42 Å². The molecule has 106 valence electrons. The van der Waals surface area contributed by atoms with Gasteiger partial charge in [-0.1, -0.05) is 62.4 Å². The zero-order chi connectivity index (χ0) is 14.8. The predicted octanol–water partition coefficient (Wildman–Crippen LogP) is 4.58. The van der Waals surface area contributed by atoms with Crippen LogP contribution in [0.4, 0.5) is 0 Å². The van der Waals surface area contributed by atoms with Crippen LogP contribution in [0.1, 0.15) is 30.9 Å². The lowest BCUT2D eigenvalue weighted by Gasteiger charge is -2.21. The molecule has 0 bridgehead atoms. The number of benzene rings is 2. The van der Waals surface area contributed by atoms with Gasteiger partial charge in [0.25, 0.3) is 0 Å². The van der Waals surface area contributed by atoms with E-state index in [1.54, 1.807) is 0 Å². The van der Waals surface area contributed by atoms with E-state index in [0.29, 0.717) is 11.5 Å². The molecule has 1 aromatic heterocycles. The minimum absolute atomic E-state index is 0.0482. The van der Waals surface area contributed by atoms with Crippen LogP contribution < -0.4 is 5.63 Å². The van der Waals surface area contributed by atoms with Gasteiger partial charge in [-0.3, -0.25) is 0 Å². The first-order chi connectivity index (χ1) is 10.2. The van der Waals surface area contributed by atoms with Crippen LogP contribution in [0.3, 0.4) is 0 Å². The molecule has 0 aliphatic heterocycles. The van der Waals surface area contributed by atoms with Gasteiger partial charge in [0.2, 0.25) is 0 Å². The Morgan fingerprint density at radius 2 is 1.57 bits per heavy atom. The molecule has 0 saturated heterocycles. The van der Waals surface area contributed by atoms with Gasteiger partial charge in [-0.05, 0) is 23.6 Å². The fourth-order valence-electron chi connectivity index (χ4n) is 2.88. The maximum atomic E-state index is 12.4. The third kappa shape index (κ3) is 2.62. The Morgan fingerprint density at radius 1 is 0.905 bits per heavy atom. The van der Waals surface area contributed by atoms with Crippen LogP contribution in [0.2, 0.25) is 0 Å². The van der Waals surface area contributed by atoms with E-state index in [0.717, 1.165) is 16.5 Å². The Morgan fingerprint density at radius 3 is 2.29 bits per heavy atom. The fourth-order valence-corrected chi connectivity index (χ4v) is 2.88. The summed E-state index contributed by atoms with van der Waals surface area (Å²) in [7, 11) is 0. The lowest BCUT2D eigenvalue weighted by molar-refractivity contribution is 0.506. The normalized spacial score (nSPS) is 12.7. The molecule has 0 saturated carbocycles. The molecule has 3 aromatic rings. The first-order valence-corrected chi connectivity index (χ1v) is 7.24.